The molecule has 6 nitrogen and oxygen atoms in total. The third-order valence-electron chi connectivity index (χ3n) is 7.41. The van der Waals surface area contributed by atoms with Crippen molar-refractivity contribution in [2.75, 3.05) is 19.6 Å². The maximum Gasteiger partial charge on any atom is 0.289 e. The predicted molar refractivity (Wildman–Crippen MR) is 146 cm³/mol. The molecule has 6 rings (SSSR count). The summed E-state index contributed by atoms with van der Waals surface area (Å²) < 4.78 is 11.8. The van der Waals surface area contributed by atoms with Gasteiger partial charge in [0.05, 0.1) is 0 Å². The number of likely N-dealkylation sites (tertiary alicyclic amines) is 2. The van der Waals surface area contributed by atoms with Gasteiger partial charge in [0, 0.05) is 41.8 Å². The minimum Gasteiger partial charge on any atom is -0.457 e. The Hall–Kier alpha value is -4.03. The second-order valence-electron chi connectivity index (χ2n) is 9.76. The van der Waals surface area contributed by atoms with Gasteiger partial charge in [-0.1, -0.05) is 29.8 Å². The highest BCUT2D eigenvalue weighted by Gasteiger charge is 2.42. The number of para-hydroxylation sites is 1. The number of hydrogen-bond acceptors (Lipinski definition) is 4. The lowest BCUT2D eigenvalue weighted by atomic mass is 9.92. The minimum atomic E-state index is -0.0912. The van der Waals surface area contributed by atoms with E-state index in [2.05, 4.69) is 0 Å². The largest absolute Gasteiger partial charge is 0.457 e. The summed E-state index contributed by atoms with van der Waals surface area (Å²) >= 11 is 5.98. The first-order valence-corrected chi connectivity index (χ1v) is 13.2. The molecule has 0 saturated carbocycles. The van der Waals surface area contributed by atoms with Crippen LogP contribution < -0.4 is 4.74 Å². The van der Waals surface area contributed by atoms with E-state index in [-0.39, 0.29) is 23.8 Å². The van der Waals surface area contributed by atoms with Crippen molar-refractivity contribution in [2.24, 2.45) is 5.92 Å². The fourth-order valence-corrected chi connectivity index (χ4v) is 5.58. The second kappa shape index (κ2) is 10.4. The van der Waals surface area contributed by atoms with E-state index in [0.717, 1.165) is 24.2 Å². The molecule has 4 aromatic rings. The molecule has 2 atom stereocenters. The first kappa shape index (κ1) is 24.3. The van der Waals surface area contributed by atoms with Gasteiger partial charge in [0.15, 0.2) is 5.76 Å². The number of benzene rings is 3. The van der Waals surface area contributed by atoms with Crippen molar-refractivity contribution >= 4 is 23.4 Å². The lowest BCUT2D eigenvalue weighted by Gasteiger charge is -2.37. The minimum absolute atomic E-state index is 0.0122. The van der Waals surface area contributed by atoms with Crippen LogP contribution in [0.4, 0.5) is 0 Å². The van der Waals surface area contributed by atoms with Gasteiger partial charge in [0.25, 0.3) is 11.8 Å². The molecule has 7 heteroatoms. The summed E-state index contributed by atoms with van der Waals surface area (Å²) in [6.45, 7) is 1.92. The van der Waals surface area contributed by atoms with Gasteiger partial charge in [-0.25, -0.2) is 0 Å². The molecule has 0 unspecified atom stereocenters. The maximum atomic E-state index is 13.3. The highest BCUT2D eigenvalue weighted by Crippen LogP contribution is 2.34. The summed E-state index contributed by atoms with van der Waals surface area (Å²) in [5.74, 6) is 2.60. The van der Waals surface area contributed by atoms with Gasteiger partial charge in [0.1, 0.15) is 17.3 Å². The van der Waals surface area contributed by atoms with Crippen LogP contribution in [0.5, 0.6) is 11.5 Å². The summed E-state index contributed by atoms with van der Waals surface area (Å²) in [5.41, 5.74) is 1.51. The van der Waals surface area contributed by atoms with E-state index >= 15 is 0 Å². The van der Waals surface area contributed by atoms with E-state index < -0.39 is 0 Å². The third kappa shape index (κ3) is 4.92. The quantitative estimate of drug-likeness (QED) is 0.288. The first-order chi connectivity index (χ1) is 18.5. The molecular formula is C31H27ClN2O4. The van der Waals surface area contributed by atoms with Gasteiger partial charge >= 0.3 is 0 Å². The summed E-state index contributed by atoms with van der Waals surface area (Å²) in [6.07, 6.45) is 1.62. The number of fused-ring (bicyclic) bond motifs is 1. The molecule has 0 spiro atoms. The Balaban J connectivity index is 1.08. The van der Waals surface area contributed by atoms with Crippen molar-refractivity contribution in [1.82, 2.24) is 9.80 Å². The molecule has 0 N–H and O–H groups in total. The van der Waals surface area contributed by atoms with Crippen LogP contribution >= 0.6 is 11.6 Å². The van der Waals surface area contributed by atoms with E-state index in [1.54, 1.807) is 18.2 Å². The van der Waals surface area contributed by atoms with Crippen molar-refractivity contribution < 1.29 is 18.7 Å². The van der Waals surface area contributed by atoms with E-state index in [0.29, 0.717) is 47.5 Å². The van der Waals surface area contributed by atoms with E-state index in [4.69, 9.17) is 20.8 Å². The highest BCUT2D eigenvalue weighted by molar-refractivity contribution is 6.30. The highest BCUT2D eigenvalue weighted by atomic mass is 35.5. The topological polar surface area (TPSA) is 63.0 Å². The molecule has 3 aromatic carbocycles. The molecule has 0 aliphatic carbocycles. The molecule has 0 bridgehead atoms. The second-order valence-corrected chi connectivity index (χ2v) is 10.2. The van der Waals surface area contributed by atoms with Crippen LogP contribution in [0, 0.1) is 5.92 Å². The predicted octanol–water partition coefficient (Wildman–Crippen LogP) is 6.77. The number of carbonyl (C=O) groups excluding carboxylic acids is 2. The fourth-order valence-electron chi connectivity index (χ4n) is 5.46. The SMILES string of the molecule is O=C(c1ccc(Oc2ccccc2)cc1)N1CC[C@@H]2[C@@H](CCN2C(=O)c2ccc(-c3ccc(Cl)cc3)o2)C1. The molecule has 2 fully saturated rings. The zero-order valence-electron chi connectivity index (χ0n) is 20.8. The molecule has 3 heterocycles. The Labute approximate surface area is 226 Å². The molecule has 2 amide bonds. The lowest BCUT2D eigenvalue weighted by molar-refractivity contribution is 0.0523. The lowest BCUT2D eigenvalue weighted by Crippen LogP contribution is -2.49. The standard InChI is InChI=1S/C31H27ClN2O4/c32-24-10-6-21(7-11-24)28-14-15-29(38-28)31(36)34-19-16-23-20-33(18-17-27(23)34)30(35)22-8-12-26(13-9-22)37-25-4-2-1-3-5-25/h1-15,23,27H,16-20H2/t23-,27+/m0/s1. The molecule has 192 valence electrons. The van der Waals surface area contributed by atoms with Gasteiger partial charge in [-0.2, -0.15) is 0 Å². The molecule has 2 aliphatic rings. The van der Waals surface area contributed by atoms with Gasteiger partial charge in [0.2, 0.25) is 0 Å². The number of rotatable bonds is 5. The van der Waals surface area contributed by atoms with E-state index in [9.17, 15) is 9.59 Å². The molecule has 2 saturated heterocycles. The Kier molecular flexibility index (Phi) is 6.64. The summed E-state index contributed by atoms with van der Waals surface area (Å²) in [4.78, 5) is 30.4. The Morgan fingerprint density at radius 1 is 0.789 bits per heavy atom. The normalized spacial score (nSPS) is 18.8. The molecule has 2 aliphatic heterocycles. The molecular weight excluding hydrogens is 500 g/mol. The number of carbonyl (C=O) groups is 2. The van der Waals surface area contributed by atoms with Crippen LogP contribution in [0.1, 0.15) is 33.8 Å². The zero-order chi connectivity index (χ0) is 26.1. The number of ether oxygens (including phenoxy) is 1. The van der Waals surface area contributed by atoms with Crippen LogP contribution in [0.15, 0.2) is 95.4 Å². The summed E-state index contributed by atoms with van der Waals surface area (Å²) in [5, 5.41) is 0.652. The van der Waals surface area contributed by atoms with Crippen molar-refractivity contribution in [3.63, 3.8) is 0 Å². The number of furan rings is 1. The van der Waals surface area contributed by atoms with Crippen molar-refractivity contribution in [2.45, 2.75) is 18.9 Å². The van der Waals surface area contributed by atoms with Crippen molar-refractivity contribution in [1.29, 1.82) is 0 Å². The molecule has 0 radical (unpaired) electrons. The Bertz CT molecular complexity index is 1430. The monoisotopic (exact) mass is 526 g/mol. The summed E-state index contributed by atoms with van der Waals surface area (Å²) in [7, 11) is 0. The van der Waals surface area contributed by atoms with Crippen LogP contribution in [-0.2, 0) is 0 Å². The number of hydrogen-bond donors (Lipinski definition) is 0. The summed E-state index contributed by atoms with van der Waals surface area (Å²) in [6, 6.07) is 27.8. The Morgan fingerprint density at radius 3 is 2.29 bits per heavy atom. The van der Waals surface area contributed by atoms with Crippen LogP contribution in [0.2, 0.25) is 5.02 Å². The average molecular weight is 527 g/mol. The molecule has 1 aromatic heterocycles. The first-order valence-electron chi connectivity index (χ1n) is 12.8. The zero-order valence-corrected chi connectivity index (χ0v) is 21.5. The van der Waals surface area contributed by atoms with Gasteiger partial charge in [-0.3, -0.25) is 9.59 Å². The van der Waals surface area contributed by atoms with Crippen molar-refractivity contribution in [3.8, 4) is 22.8 Å². The van der Waals surface area contributed by atoms with Crippen LogP contribution in [0.25, 0.3) is 11.3 Å². The van der Waals surface area contributed by atoms with Gasteiger partial charge in [-0.15, -0.1) is 0 Å². The number of piperidine rings is 1. The van der Waals surface area contributed by atoms with E-state index in [1.165, 1.54) is 0 Å². The smallest absolute Gasteiger partial charge is 0.289 e. The van der Waals surface area contributed by atoms with Gasteiger partial charge in [-0.05, 0) is 91.6 Å². The molecule has 38 heavy (non-hydrogen) atoms. The van der Waals surface area contributed by atoms with Gasteiger partial charge < -0.3 is 19.0 Å². The van der Waals surface area contributed by atoms with Crippen molar-refractivity contribution in [3.05, 3.63) is 107 Å². The van der Waals surface area contributed by atoms with Crippen LogP contribution in [0.3, 0.4) is 0 Å². The van der Waals surface area contributed by atoms with E-state index in [1.807, 2.05) is 82.6 Å². The third-order valence-corrected chi connectivity index (χ3v) is 7.66. The Morgan fingerprint density at radius 2 is 1.53 bits per heavy atom. The number of halogens is 1. The van der Waals surface area contributed by atoms with Crippen LogP contribution in [-0.4, -0.2) is 47.3 Å². The fraction of sp³-hybridized carbons (Fsp3) is 0.226. The number of amides is 2. The average Bonchev–Trinajstić information content (AvgIpc) is 3.61. The number of nitrogens with zero attached hydrogens (tertiary/aromatic N) is 2. The maximum absolute atomic E-state index is 13.3.